The lowest BCUT2D eigenvalue weighted by atomic mass is 10.0. The number of halogens is 1. The van der Waals surface area contributed by atoms with Crippen LogP contribution in [0.4, 0.5) is 5.69 Å². The van der Waals surface area contributed by atoms with E-state index in [0.717, 1.165) is 16.6 Å². The monoisotopic (exact) mass is 403 g/mol. The summed E-state index contributed by atoms with van der Waals surface area (Å²) < 4.78 is 0.754. The predicted octanol–water partition coefficient (Wildman–Crippen LogP) is 6.31. The van der Waals surface area contributed by atoms with Crippen LogP contribution in [-0.4, -0.2) is 11.0 Å². The fraction of sp³-hybridized carbons (Fsp3) is 0.381. The number of carbonyl (C=O) groups excluding carboxylic acids is 1. The molecule has 0 saturated heterocycles. The third-order valence-electron chi connectivity index (χ3n) is 4.23. The fourth-order valence-corrected chi connectivity index (χ4v) is 3.11. The van der Waals surface area contributed by atoms with Gasteiger partial charge in [0, 0.05) is 10.2 Å². The number of benzene rings is 2. The van der Waals surface area contributed by atoms with Crippen LogP contribution in [0.1, 0.15) is 61.4 Å². The van der Waals surface area contributed by atoms with Gasteiger partial charge in [0.25, 0.3) is 5.91 Å². The summed E-state index contributed by atoms with van der Waals surface area (Å²) in [5.74, 6) is -0.345. The van der Waals surface area contributed by atoms with Crippen molar-refractivity contribution in [2.75, 3.05) is 5.32 Å². The predicted molar refractivity (Wildman–Crippen MR) is 107 cm³/mol. The molecular weight excluding hydrogens is 378 g/mol. The Morgan fingerprint density at radius 2 is 1.68 bits per heavy atom. The number of nitrogens with one attached hydrogen (secondary N) is 1. The molecule has 134 valence electrons. The second-order valence-corrected chi connectivity index (χ2v) is 7.25. The standard InChI is InChI=1S/C21H26BrNO2/c1-2-3-4-5-6-7-8-16-9-12-18(13-10-16)23-21(25)19-15-17(22)11-14-20(19)24/h9-15,24H,2-8H2,1H3,(H,23,25). The molecule has 2 rings (SSSR count). The molecule has 25 heavy (non-hydrogen) atoms. The van der Waals surface area contributed by atoms with E-state index in [2.05, 4.69) is 40.3 Å². The van der Waals surface area contributed by atoms with Crippen LogP contribution < -0.4 is 5.32 Å². The topological polar surface area (TPSA) is 49.3 Å². The van der Waals surface area contributed by atoms with Gasteiger partial charge in [-0.3, -0.25) is 4.79 Å². The van der Waals surface area contributed by atoms with Gasteiger partial charge in [0.15, 0.2) is 0 Å². The molecule has 4 heteroatoms. The van der Waals surface area contributed by atoms with Crippen LogP contribution in [0.5, 0.6) is 5.75 Å². The fourth-order valence-electron chi connectivity index (χ4n) is 2.75. The maximum absolute atomic E-state index is 12.3. The number of hydrogen-bond donors (Lipinski definition) is 2. The van der Waals surface area contributed by atoms with Crippen LogP contribution in [0.15, 0.2) is 46.9 Å². The minimum atomic E-state index is -0.317. The van der Waals surface area contributed by atoms with E-state index in [4.69, 9.17) is 0 Å². The highest BCUT2D eigenvalue weighted by atomic mass is 79.9. The quantitative estimate of drug-likeness (QED) is 0.481. The van der Waals surface area contributed by atoms with Crippen molar-refractivity contribution in [2.45, 2.75) is 51.9 Å². The Morgan fingerprint density at radius 1 is 1.00 bits per heavy atom. The average molecular weight is 404 g/mol. The van der Waals surface area contributed by atoms with Gasteiger partial charge in [-0.2, -0.15) is 0 Å². The van der Waals surface area contributed by atoms with E-state index in [-0.39, 0.29) is 17.2 Å². The largest absolute Gasteiger partial charge is 0.507 e. The van der Waals surface area contributed by atoms with Crippen molar-refractivity contribution in [2.24, 2.45) is 0 Å². The van der Waals surface area contributed by atoms with E-state index in [0.29, 0.717) is 0 Å². The van der Waals surface area contributed by atoms with Gasteiger partial charge < -0.3 is 10.4 Å². The number of hydrogen-bond acceptors (Lipinski definition) is 2. The van der Waals surface area contributed by atoms with E-state index >= 15 is 0 Å². The summed E-state index contributed by atoms with van der Waals surface area (Å²) in [7, 11) is 0. The highest BCUT2D eigenvalue weighted by Crippen LogP contribution is 2.23. The van der Waals surface area contributed by atoms with Crippen LogP contribution in [0.3, 0.4) is 0 Å². The second-order valence-electron chi connectivity index (χ2n) is 6.33. The number of anilines is 1. The highest BCUT2D eigenvalue weighted by Gasteiger charge is 2.11. The Kier molecular flexibility index (Phi) is 7.99. The Labute approximate surface area is 158 Å². The normalized spacial score (nSPS) is 10.6. The molecule has 0 bridgehead atoms. The number of aryl methyl sites for hydroxylation is 1. The summed E-state index contributed by atoms with van der Waals surface area (Å²) in [6.45, 7) is 2.23. The first kappa shape index (κ1) is 19.5. The van der Waals surface area contributed by atoms with Crippen LogP contribution in [0.2, 0.25) is 0 Å². The Morgan fingerprint density at radius 3 is 2.40 bits per heavy atom. The first-order valence-corrected chi connectivity index (χ1v) is 9.78. The van der Waals surface area contributed by atoms with Crippen LogP contribution in [0, 0.1) is 0 Å². The zero-order valence-corrected chi connectivity index (χ0v) is 16.3. The lowest BCUT2D eigenvalue weighted by molar-refractivity contribution is 0.102. The first-order chi connectivity index (χ1) is 12.1. The number of amides is 1. The third kappa shape index (κ3) is 6.54. The molecular formula is C21H26BrNO2. The minimum absolute atomic E-state index is 0.0274. The van der Waals surface area contributed by atoms with Gasteiger partial charge in [-0.05, 0) is 48.7 Å². The summed E-state index contributed by atoms with van der Waals surface area (Å²) >= 11 is 3.31. The number of carbonyl (C=O) groups is 1. The van der Waals surface area contributed by atoms with Crippen molar-refractivity contribution in [3.8, 4) is 5.75 Å². The van der Waals surface area contributed by atoms with E-state index in [1.165, 1.54) is 50.2 Å². The third-order valence-corrected chi connectivity index (χ3v) is 4.73. The molecule has 1 amide bonds. The van der Waals surface area contributed by atoms with Gasteiger partial charge in [0.1, 0.15) is 5.75 Å². The molecule has 2 aromatic rings. The van der Waals surface area contributed by atoms with Gasteiger partial charge in [-0.1, -0.05) is 67.1 Å². The van der Waals surface area contributed by atoms with Crippen LogP contribution in [0.25, 0.3) is 0 Å². The zero-order valence-electron chi connectivity index (χ0n) is 14.7. The second kappa shape index (κ2) is 10.2. The lowest BCUT2D eigenvalue weighted by Crippen LogP contribution is -2.12. The summed E-state index contributed by atoms with van der Waals surface area (Å²) in [6.07, 6.45) is 8.84. The number of phenols is 1. The average Bonchev–Trinajstić information content (AvgIpc) is 2.61. The Bertz CT molecular complexity index is 683. The van der Waals surface area contributed by atoms with Crippen molar-refractivity contribution in [3.63, 3.8) is 0 Å². The van der Waals surface area contributed by atoms with Crippen LogP contribution >= 0.6 is 15.9 Å². The van der Waals surface area contributed by atoms with E-state index in [9.17, 15) is 9.90 Å². The molecule has 0 saturated carbocycles. The van der Waals surface area contributed by atoms with Gasteiger partial charge in [-0.25, -0.2) is 0 Å². The minimum Gasteiger partial charge on any atom is -0.507 e. The Hall–Kier alpha value is -1.81. The molecule has 0 aliphatic carbocycles. The molecule has 2 aromatic carbocycles. The summed E-state index contributed by atoms with van der Waals surface area (Å²) in [5, 5.41) is 12.6. The van der Waals surface area contributed by atoms with Crippen LogP contribution in [-0.2, 0) is 6.42 Å². The molecule has 0 aromatic heterocycles. The molecule has 0 spiro atoms. The molecule has 3 nitrogen and oxygen atoms in total. The molecule has 0 atom stereocenters. The molecule has 0 aliphatic heterocycles. The molecule has 2 N–H and O–H groups in total. The van der Waals surface area contributed by atoms with Crippen molar-refractivity contribution in [1.29, 1.82) is 0 Å². The number of phenolic OH excluding ortho intramolecular Hbond substituents is 1. The highest BCUT2D eigenvalue weighted by molar-refractivity contribution is 9.10. The van der Waals surface area contributed by atoms with Crippen molar-refractivity contribution < 1.29 is 9.90 Å². The summed E-state index contributed by atoms with van der Waals surface area (Å²) in [5.41, 5.74) is 2.28. The molecule has 0 radical (unpaired) electrons. The Balaban J connectivity index is 1.83. The number of unbranched alkanes of at least 4 members (excludes halogenated alkanes) is 5. The number of rotatable bonds is 9. The molecule has 0 aliphatic rings. The van der Waals surface area contributed by atoms with Gasteiger partial charge in [0.2, 0.25) is 0 Å². The summed E-state index contributed by atoms with van der Waals surface area (Å²) in [6, 6.07) is 12.8. The first-order valence-electron chi connectivity index (χ1n) is 8.99. The van der Waals surface area contributed by atoms with Gasteiger partial charge in [-0.15, -0.1) is 0 Å². The van der Waals surface area contributed by atoms with E-state index in [1.807, 2.05) is 12.1 Å². The van der Waals surface area contributed by atoms with Crippen molar-refractivity contribution in [1.82, 2.24) is 0 Å². The molecule has 0 fully saturated rings. The maximum atomic E-state index is 12.3. The zero-order chi connectivity index (χ0) is 18.1. The molecule has 0 unspecified atom stereocenters. The smallest absolute Gasteiger partial charge is 0.259 e. The summed E-state index contributed by atoms with van der Waals surface area (Å²) in [4.78, 5) is 12.3. The van der Waals surface area contributed by atoms with Crippen molar-refractivity contribution >= 4 is 27.5 Å². The molecule has 0 heterocycles. The van der Waals surface area contributed by atoms with Gasteiger partial charge >= 0.3 is 0 Å². The van der Waals surface area contributed by atoms with E-state index < -0.39 is 0 Å². The lowest BCUT2D eigenvalue weighted by Gasteiger charge is -2.08. The van der Waals surface area contributed by atoms with E-state index in [1.54, 1.807) is 12.1 Å². The maximum Gasteiger partial charge on any atom is 0.259 e. The number of aromatic hydroxyl groups is 1. The SMILES string of the molecule is CCCCCCCCc1ccc(NC(=O)c2cc(Br)ccc2O)cc1. The van der Waals surface area contributed by atoms with Gasteiger partial charge in [0.05, 0.1) is 5.56 Å². The van der Waals surface area contributed by atoms with Crippen molar-refractivity contribution in [3.05, 3.63) is 58.1 Å².